The van der Waals surface area contributed by atoms with Gasteiger partial charge in [0.1, 0.15) is 5.75 Å². The molecule has 2 N–H and O–H groups in total. The highest BCUT2D eigenvalue weighted by molar-refractivity contribution is 6.27. The van der Waals surface area contributed by atoms with Gasteiger partial charge in [0.25, 0.3) is 0 Å². The molecule has 1 aromatic rings. The van der Waals surface area contributed by atoms with Crippen molar-refractivity contribution in [2.75, 3.05) is 26.2 Å². The lowest BCUT2D eigenvalue weighted by Gasteiger charge is -2.19. The SMILES string of the molecule is CCCN(CC)CCCCCOc1ccccc1.O=C(O)C(=O)O. The van der Waals surface area contributed by atoms with E-state index < -0.39 is 11.9 Å². The van der Waals surface area contributed by atoms with Crippen molar-refractivity contribution in [2.24, 2.45) is 0 Å². The minimum atomic E-state index is -1.82. The van der Waals surface area contributed by atoms with Crippen LogP contribution in [0.4, 0.5) is 0 Å². The third-order valence-corrected chi connectivity index (χ3v) is 3.30. The molecule has 0 spiro atoms. The number of ether oxygens (including phenoxy) is 1. The smallest absolute Gasteiger partial charge is 0.414 e. The molecular formula is C18H29NO5. The Hall–Kier alpha value is -2.08. The third-order valence-electron chi connectivity index (χ3n) is 3.30. The van der Waals surface area contributed by atoms with E-state index in [9.17, 15) is 0 Å². The van der Waals surface area contributed by atoms with Crippen molar-refractivity contribution < 1.29 is 24.5 Å². The summed E-state index contributed by atoms with van der Waals surface area (Å²) in [6.07, 6.45) is 4.95. The molecule has 0 saturated carbocycles. The lowest BCUT2D eigenvalue weighted by Crippen LogP contribution is -2.25. The molecule has 0 unspecified atom stereocenters. The molecule has 0 saturated heterocycles. The average molecular weight is 339 g/mol. The molecule has 24 heavy (non-hydrogen) atoms. The molecule has 0 heterocycles. The number of unbranched alkanes of at least 4 members (excludes halogenated alkanes) is 2. The molecule has 0 aliphatic heterocycles. The van der Waals surface area contributed by atoms with Crippen LogP contribution in [0.15, 0.2) is 30.3 Å². The molecular weight excluding hydrogens is 310 g/mol. The van der Waals surface area contributed by atoms with E-state index in [1.807, 2.05) is 30.3 Å². The second-order valence-corrected chi connectivity index (χ2v) is 5.27. The maximum Gasteiger partial charge on any atom is 0.414 e. The van der Waals surface area contributed by atoms with Crippen LogP contribution in [0.3, 0.4) is 0 Å². The predicted octanol–water partition coefficient (Wildman–Crippen LogP) is 3.12. The molecule has 0 atom stereocenters. The van der Waals surface area contributed by atoms with Crippen molar-refractivity contribution in [3.63, 3.8) is 0 Å². The second kappa shape index (κ2) is 14.5. The van der Waals surface area contributed by atoms with Gasteiger partial charge in [-0.2, -0.15) is 0 Å². The molecule has 0 aliphatic carbocycles. The zero-order chi connectivity index (χ0) is 18.2. The number of para-hydroxylation sites is 1. The Kier molecular flexibility index (Phi) is 13.3. The van der Waals surface area contributed by atoms with Gasteiger partial charge in [-0.3, -0.25) is 0 Å². The Morgan fingerprint density at radius 3 is 2.08 bits per heavy atom. The van der Waals surface area contributed by atoms with E-state index in [4.69, 9.17) is 24.5 Å². The van der Waals surface area contributed by atoms with E-state index >= 15 is 0 Å². The lowest BCUT2D eigenvalue weighted by molar-refractivity contribution is -0.159. The van der Waals surface area contributed by atoms with Crippen molar-refractivity contribution >= 4 is 11.9 Å². The number of nitrogens with zero attached hydrogens (tertiary/aromatic N) is 1. The molecule has 136 valence electrons. The number of rotatable bonds is 10. The topological polar surface area (TPSA) is 87.1 Å². The summed E-state index contributed by atoms with van der Waals surface area (Å²) in [6, 6.07) is 10.1. The molecule has 6 heteroatoms. The van der Waals surface area contributed by atoms with E-state index in [-0.39, 0.29) is 0 Å². The monoisotopic (exact) mass is 339 g/mol. The summed E-state index contributed by atoms with van der Waals surface area (Å²) >= 11 is 0. The van der Waals surface area contributed by atoms with Gasteiger partial charge in [0.15, 0.2) is 0 Å². The van der Waals surface area contributed by atoms with Crippen molar-refractivity contribution in [1.82, 2.24) is 4.90 Å². The largest absolute Gasteiger partial charge is 0.494 e. The van der Waals surface area contributed by atoms with Gasteiger partial charge in [-0.05, 0) is 57.5 Å². The zero-order valence-corrected chi connectivity index (χ0v) is 14.6. The Bertz CT molecular complexity index is 438. The first-order chi connectivity index (χ1) is 11.5. The number of hydrogen-bond acceptors (Lipinski definition) is 4. The fourth-order valence-electron chi connectivity index (χ4n) is 2.07. The number of carbonyl (C=O) groups is 2. The zero-order valence-electron chi connectivity index (χ0n) is 14.6. The molecule has 0 bridgehead atoms. The fourth-order valence-corrected chi connectivity index (χ4v) is 2.07. The summed E-state index contributed by atoms with van der Waals surface area (Å²) in [4.78, 5) is 20.7. The Balaban J connectivity index is 0.000000754. The highest BCUT2D eigenvalue weighted by Crippen LogP contribution is 2.09. The van der Waals surface area contributed by atoms with E-state index in [0.717, 1.165) is 18.8 Å². The summed E-state index contributed by atoms with van der Waals surface area (Å²) in [5.74, 6) is -2.66. The van der Waals surface area contributed by atoms with Crippen LogP contribution in [0, 0.1) is 0 Å². The van der Waals surface area contributed by atoms with Crippen molar-refractivity contribution in [3.05, 3.63) is 30.3 Å². The van der Waals surface area contributed by atoms with Crippen LogP contribution in [-0.4, -0.2) is 53.3 Å². The molecule has 1 aromatic carbocycles. The number of carboxylic acid groups (broad SMARTS) is 2. The van der Waals surface area contributed by atoms with E-state index in [1.54, 1.807) is 0 Å². The maximum absolute atomic E-state index is 9.10. The second-order valence-electron chi connectivity index (χ2n) is 5.27. The van der Waals surface area contributed by atoms with Crippen LogP contribution in [-0.2, 0) is 9.59 Å². The first-order valence-corrected chi connectivity index (χ1v) is 8.37. The first kappa shape index (κ1) is 21.9. The normalized spacial score (nSPS) is 9.96. The Morgan fingerprint density at radius 2 is 1.58 bits per heavy atom. The van der Waals surface area contributed by atoms with Crippen LogP contribution in [0.5, 0.6) is 5.75 Å². The summed E-state index contributed by atoms with van der Waals surface area (Å²) in [5.41, 5.74) is 0. The van der Waals surface area contributed by atoms with Gasteiger partial charge in [0.2, 0.25) is 0 Å². The Labute approximate surface area is 144 Å². The van der Waals surface area contributed by atoms with Crippen LogP contribution in [0.1, 0.15) is 39.5 Å². The van der Waals surface area contributed by atoms with Gasteiger partial charge in [0.05, 0.1) is 6.61 Å². The van der Waals surface area contributed by atoms with Gasteiger partial charge in [-0.1, -0.05) is 32.0 Å². The molecule has 0 amide bonds. The summed E-state index contributed by atoms with van der Waals surface area (Å²) < 4.78 is 5.67. The highest BCUT2D eigenvalue weighted by Gasteiger charge is 2.04. The van der Waals surface area contributed by atoms with Gasteiger partial charge in [0, 0.05) is 0 Å². The molecule has 0 aliphatic rings. The van der Waals surface area contributed by atoms with Crippen molar-refractivity contribution in [2.45, 2.75) is 39.5 Å². The number of hydrogen-bond donors (Lipinski definition) is 2. The molecule has 1 rings (SSSR count). The average Bonchev–Trinajstić information content (AvgIpc) is 2.58. The summed E-state index contributed by atoms with van der Waals surface area (Å²) in [7, 11) is 0. The molecule has 0 fully saturated rings. The molecule has 6 nitrogen and oxygen atoms in total. The number of benzene rings is 1. The van der Waals surface area contributed by atoms with Gasteiger partial charge < -0.3 is 19.8 Å². The number of aliphatic carboxylic acids is 2. The number of carboxylic acids is 2. The first-order valence-electron chi connectivity index (χ1n) is 8.37. The van der Waals surface area contributed by atoms with Gasteiger partial charge in [-0.15, -0.1) is 0 Å². The van der Waals surface area contributed by atoms with Crippen LogP contribution in [0.25, 0.3) is 0 Å². The maximum atomic E-state index is 9.10. The van der Waals surface area contributed by atoms with E-state index in [2.05, 4.69) is 18.7 Å². The predicted molar refractivity (Wildman–Crippen MR) is 93.5 cm³/mol. The van der Waals surface area contributed by atoms with Crippen LogP contribution >= 0.6 is 0 Å². The molecule has 0 radical (unpaired) electrons. The minimum Gasteiger partial charge on any atom is -0.494 e. The quantitative estimate of drug-likeness (QED) is 0.503. The van der Waals surface area contributed by atoms with Crippen molar-refractivity contribution in [3.8, 4) is 5.75 Å². The molecule has 0 aromatic heterocycles. The highest BCUT2D eigenvalue weighted by atomic mass is 16.5. The fraction of sp³-hybridized carbons (Fsp3) is 0.556. The van der Waals surface area contributed by atoms with Gasteiger partial charge in [-0.25, -0.2) is 9.59 Å². The third kappa shape index (κ3) is 12.5. The standard InChI is InChI=1S/C16H27NO.C2H2O4/c1-3-13-17(4-2)14-9-6-10-15-18-16-11-7-5-8-12-16;3-1(4)2(5)6/h5,7-8,11-12H,3-4,6,9-10,13-15H2,1-2H3;(H,3,4)(H,5,6). The van der Waals surface area contributed by atoms with Gasteiger partial charge >= 0.3 is 11.9 Å². The van der Waals surface area contributed by atoms with Crippen LogP contribution < -0.4 is 4.74 Å². The summed E-state index contributed by atoms with van der Waals surface area (Å²) in [6.45, 7) is 8.97. The van der Waals surface area contributed by atoms with E-state index in [0.29, 0.717) is 0 Å². The minimum absolute atomic E-state index is 0.837. The Morgan fingerprint density at radius 1 is 0.958 bits per heavy atom. The summed E-state index contributed by atoms with van der Waals surface area (Å²) in [5, 5.41) is 14.8. The lowest BCUT2D eigenvalue weighted by atomic mass is 10.2. The van der Waals surface area contributed by atoms with Crippen molar-refractivity contribution in [1.29, 1.82) is 0 Å². The van der Waals surface area contributed by atoms with Crippen LogP contribution in [0.2, 0.25) is 0 Å². The van der Waals surface area contributed by atoms with E-state index in [1.165, 1.54) is 38.9 Å².